The van der Waals surface area contributed by atoms with Gasteiger partial charge in [-0.05, 0) is 49.6 Å². The molecule has 0 aliphatic carbocycles. The van der Waals surface area contributed by atoms with Gasteiger partial charge in [-0.1, -0.05) is 105 Å². The maximum atomic E-state index is 12.3. The monoisotopic (exact) mass is 553 g/mol. The molecule has 196 valence electrons. The van der Waals surface area contributed by atoms with E-state index >= 15 is 0 Å². The number of benzene rings is 2. The molecule has 0 saturated heterocycles. The summed E-state index contributed by atoms with van der Waals surface area (Å²) in [5.74, 6) is 1.21. The van der Waals surface area contributed by atoms with Crippen molar-refractivity contribution in [3.05, 3.63) is 64.4 Å². The molecule has 1 aromatic heterocycles. The van der Waals surface area contributed by atoms with Crippen LogP contribution in [-0.2, 0) is 13.0 Å². The topological polar surface area (TPSA) is 46.9 Å². The van der Waals surface area contributed by atoms with Gasteiger partial charge < -0.3 is 9.88 Å². The zero-order valence-corrected chi connectivity index (χ0v) is 23.7. The molecule has 1 N–H and O–H groups in total. The Morgan fingerprint density at radius 3 is 2.28 bits per heavy atom. The SMILES string of the molecule is CCCCCCCCCCCCn1c(CCCCCNC(=O)c2cccc(Br)c2)nc2ccccc21. The van der Waals surface area contributed by atoms with E-state index in [1.807, 2.05) is 24.3 Å². The van der Waals surface area contributed by atoms with Gasteiger partial charge in [0.25, 0.3) is 5.91 Å². The lowest BCUT2D eigenvalue weighted by molar-refractivity contribution is 0.0953. The molecule has 0 bridgehead atoms. The third-order valence-corrected chi connectivity index (χ3v) is 7.41. The molecule has 3 aromatic rings. The molecule has 0 unspecified atom stereocenters. The van der Waals surface area contributed by atoms with Crippen LogP contribution >= 0.6 is 15.9 Å². The molecule has 0 atom stereocenters. The Morgan fingerprint density at radius 2 is 1.53 bits per heavy atom. The van der Waals surface area contributed by atoms with E-state index in [0.717, 1.165) is 42.2 Å². The van der Waals surface area contributed by atoms with Crippen LogP contribution in [0.15, 0.2) is 53.0 Å². The number of aryl methyl sites for hydroxylation is 2. The molecule has 1 amide bonds. The van der Waals surface area contributed by atoms with Gasteiger partial charge in [0.2, 0.25) is 0 Å². The van der Waals surface area contributed by atoms with Crippen LogP contribution in [0, 0.1) is 0 Å². The minimum atomic E-state index is -0.00501. The Hall–Kier alpha value is -2.14. The minimum absolute atomic E-state index is 0.00501. The highest BCUT2D eigenvalue weighted by molar-refractivity contribution is 9.10. The Labute approximate surface area is 226 Å². The number of aromatic nitrogens is 2. The molecular weight excluding hydrogens is 510 g/mol. The van der Waals surface area contributed by atoms with E-state index in [9.17, 15) is 4.79 Å². The lowest BCUT2D eigenvalue weighted by Gasteiger charge is -2.10. The van der Waals surface area contributed by atoms with Crippen molar-refractivity contribution in [3.8, 4) is 0 Å². The first kappa shape index (κ1) is 28.4. The van der Waals surface area contributed by atoms with E-state index in [1.54, 1.807) is 0 Å². The number of hydrogen-bond acceptors (Lipinski definition) is 2. The summed E-state index contributed by atoms with van der Waals surface area (Å²) in [6.45, 7) is 4.05. The van der Waals surface area contributed by atoms with Gasteiger partial charge in [-0.2, -0.15) is 0 Å². The predicted octanol–water partition coefficient (Wildman–Crippen LogP) is 8.86. The number of nitrogens with zero attached hydrogens (tertiary/aromatic N) is 2. The summed E-state index contributed by atoms with van der Waals surface area (Å²) >= 11 is 3.42. The number of para-hydroxylation sites is 2. The Balaban J connectivity index is 1.36. The fraction of sp³-hybridized carbons (Fsp3) is 0.548. The van der Waals surface area contributed by atoms with Gasteiger partial charge in [-0.15, -0.1) is 0 Å². The fourth-order valence-electron chi connectivity index (χ4n) is 4.84. The largest absolute Gasteiger partial charge is 0.352 e. The first-order chi connectivity index (χ1) is 17.7. The molecule has 4 nitrogen and oxygen atoms in total. The smallest absolute Gasteiger partial charge is 0.251 e. The number of imidazole rings is 1. The van der Waals surface area contributed by atoms with Crippen LogP contribution in [0.4, 0.5) is 0 Å². The molecule has 5 heteroatoms. The maximum absolute atomic E-state index is 12.3. The zero-order chi connectivity index (χ0) is 25.4. The van der Waals surface area contributed by atoms with E-state index in [4.69, 9.17) is 4.98 Å². The van der Waals surface area contributed by atoms with Crippen molar-refractivity contribution in [3.63, 3.8) is 0 Å². The predicted molar refractivity (Wildman–Crippen MR) is 156 cm³/mol. The number of rotatable bonds is 18. The van der Waals surface area contributed by atoms with E-state index in [1.165, 1.54) is 75.5 Å². The molecule has 1 heterocycles. The van der Waals surface area contributed by atoms with Crippen LogP contribution in [0.1, 0.15) is 107 Å². The molecule has 0 spiro atoms. The van der Waals surface area contributed by atoms with Gasteiger partial charge in [0.05, 0.1) is 11.0 Å². The number of hydrogen-bond donors (Lipinski definition) is 1. The second kappa shape index (κ2) is 16.6. The van der Waals surface area contributed by atoms with Gasteiger partial charge in [0.1, 0.15) is 5.82 Å². The van der Waals surface area contributed by atoms with Crippen molar-refractivity contribution in [2.75, 3.05) is 6.54 Å². The van der Waals surface area contributed by atoms with E-state index in [0.29, 0.717) is 12.1 Å². The van der Waals surface area contributed by atoms with Crippen LogP contribution in [0.5, 0.6) is 0 Å². The van der Waals surface area contributed by atoms with Crippen molar-refractivity contribution in [1.82, 2.24) is 14.9 Å². The van der Waals surface area contributed by atoms with Crippen LogP contribution < -0.4 is 5.32 Å². The van der Waals surface area contributed by atoms with Gasteiger partial charge in [0, 0.05) is 29.5 Å². The van der Waals surface area contributed by atoms with Crippen LogP contribution in [0.3, 0.4) is 0 Å². The number of fused-ring (bicyclic) bond motifs is 1. The molecule has 0 fully saturated rings. The summed E-state index contributed by atoms with van der Waals surface area (Å²) in [7, 11) is 0. The maximum Gasteiger partial charge on any atom is 0.251 e. The highest BCUT2D eigenvalue weighted by atomic mass is 79.9. The summed E-state index contributed by atoms with van der Waals surface area (Å²) in [6, 6.07) is 16.1. The lowest BCUT2D eigenvalue weighted by Crippen LogP contribution is -2.24. The molecular formula is C31H44BrN3O. The molecule has 2 aromatic carbocycles. The van der Waals surface area contributed by atoms with Gasteiger partial charge in [-0.25, -0.2) is 4.98 Å². The molecule has 36 heavy (non-hydrogen) atoms. The van der Waals surface area contributed by atoms with Gasteiger partial charge >= 0.3 is 0 Å². The van der Waals surface area contributed by atoms with Crippen molar-refractivity contribution in [1.29, 1.82) is 0 Å². The summed E-state index contributed by atoms with van der Waals surface area (Å²) in [5, 5.41) is 3.04. The number of amides is 1. The van der Waals surface area contributed by atoms with Crippen LogP contribution in [-0.4, -0.2) is 22.0 Å². The van der Waals surface area contributed by atoms with Crippen molar-refractivity contribution < 1.29 is 4.79 Å². The number of unbranched alkanes of at least 4 members (excludes halogenated alkanes) is 11. The standard InChI is InChI=1S/C31H44BrN3O/c1-2-3-4-5-6-7-8-9-10-16-24-35-29-21-14-13-20-28(29)34-30(35)22-12-11-15-23-33-31(36)26-18-17-19-27(32)25-26/h13-14,17-21,25H,2-12,15-16,22-24H2,1H3,(H,33,36). The summed E-state index contributed by atoms with van der Waals surface area (Å²) < 4.78 is 3.38. The van der Waals surface area contributed by atoms with Crippen LogP contribution in [0.25, 0.3) is 11.0 Å². The lowest BCUT2D eigenvalue weighted by atomic mass is 10.1. The second-order valence-corrected chi connectivity index (χ2v) is 10.8. The summed E-state index contributed by atoms with van der Waals surface area (Å²) in [6.07, 6.45) is 17.8. The molecule has 0 aliphatic heterocycles. The molecule has 0 aliphatic rings. The summed E-state index contributed by atoms with van der Waals surface area (Å²) in [4.78, 5) is 17.2. The van der Waals surface area contributed by atoms with E-state index < -0.39 is 0 Å². The Bertz CT molecular complexity index is 1050. The minimum Gasteiger partial charge on any atom is -0.352 e. The first-order valence-electron chi connectivity index (χ1n) is 14.2. The quantitative estimate of drug-likeness (QED) is 0.160. The van der Waals surface area contributed by atoms with E-state index in [2.05, 4.69) is 57.0 Å². The third-order valence-electron chi connectivity index (χ3n) is 6.92. The second-order valence-electron chi connectivity index (χ2n) is 9.93. The first-order valence-corrected chi connectivity index (χ1v) is 15.0. The molecule has 3 rings (SSSR count). The number of nitrogens with one attached hydrogen (secondary N) is 1. The summed E-state index contributed by atoms with van der Waals surface area (Å²) in [5.41, 5.74) is 3.08. The van der Waals surface area contributed by atoms with Crippen molar-refractivity contribution in [2.24, 2.45) is 0 Å². The van der Waals surface area contributed by atoms with Crippen molar-refractivity contribution >= 4 is 32.9 Å². The average molecular weight is 555 g/mol. The van der Waals surface area contributed by atoms with Crippen LogP contribution in [0.2, 0.25) is 0 Å². The highest BCUT2D eigenvalue weighted by Crippen LogP contribution is 2.20. The van der Waals surface area contributed by atoms with Gasteiger partial charge in [-0.3, -0.25) is 4.79 Å². The Morgan fingerprint density at radius 1 is 0.833 bits per heavy atom. The fourth-order valence-corrected chi connectivity index (χ4v) is 5.24. The van der Waals surface area contributed by atoms with Gasteiger partial charge in [0.15, 0.2) is 0 Å². The average Bonchev–Trinajstić information content (AvgIpc) is 3.24. The third kappa shape index (κ3) is 9.72. The number of carbonyl (C=O) groups is 1. The number of carbonyl (C=O) groups excluding carboxylic acids is 1. The normalized spacial score (nSPS) is 11.3. The highest BCUT2D eigenvalue weighted by Gasteiger charge is 2.10. The van der Waals surface area contributed by atoms with Crippen molar-refractivity contribution in [2.45, 2.75) is 103 Å². The molecule has 0 saturated carbocycles. The van der Waals surface area contributed by atoms with E-state index in [-0.39, 0.29) is 5.91 Å². The zero-order valence-electron chi connectivity index (χ0n) is 22.1. The Kier molecular flexibility index (Phi) is 13.1. The molecule has 0 radical (unpaired) electrons. The number of halogens is 1.